The minimum Gasteiger partial charge on any atom is -0.509 e. The van der Waals surface area contributed by atoms with Gasteiger partial charge >= 0.3 is 0 Å². The Hall–Kier alpha value is -4.06. The maximum absolute atomic E-state index is 10.7. The van der Waals surface area contributed by atoms with Crippen molar-refractivity contribution in [3.8, 4) is 5.75 Å². The average molecular weight is 425 g/mol. The van der Waals surface area contributed by atoms with E-state index in [9.17, 15) is 5.11 Å². The number of benzene rings is 3. The lowest BCUT2D eigenvalue weighted by Gasteiger charge is -2.19. The lowest BCUT2D eigenvalue weighted by Crippen LogP contribution is -2.26. The lowest BCUT2D eigenvalue weighted by molar-refractivity contribution is 0.306. The molecule has 1 aromatic heterocycles. The third-order valence-electron chi connectivity index (χ3n) is 5.76. The first-order valence-corrected chi connectivity index (χ1v) is 10.5. The fraction of sp³-hybridized carbons (Fsp3) is 0.154. The Morgan fingerprint density at radius 1 is 1.03 bits per heavy atom. The van der Waals surface area contributed by atoms with Crippen LogP contribution >= 0.6 is 0 Å². The van der Waals surface area contributed by atoms with Crippen molar-refractivity contribution in [3.63, 3.8) is 0 Å². The monoisotopic (exact) mass is 424 g/mol. The number of amidine groups is 1. The van der Waals surface area contributed by atoms with Crippen molar-refractivity contribution in [1.82, 2.24) is 9.55 Å². The Kier molecular flexibility index (Phi) is 4.90. The van der Waals surface area contributed by atoms with Gasteiger partial charge in [0.2, 0.25) is 0 Å². The van der Waals surface area contributed by atoms with Crippen LogP contribution in [0.25, 0.3) is 16.6 Å². The summed E-state index contributed by atoms with van der Waals surface area (Å²) in [7, 11) is 1.91. The maximum atomic E-state index is 10.7. The number of aryl methyl sites for hydroxylation is 2. The van der Waals surface area contributed by atoms with Crippen LogP contribution in [0.2, 0.25) is 0 Å². The van der Waals surface area contributed by atoms with Gasteiger partial charge in [-0.25, -0.2) is 4.98 Å². The molecule has 0 atom stereocenters. The van der Waals surface area contributed by atoms with Gasteiger partial charge in [-0.15, -0.1) is 0 Å². The summed E-state index contributed by atoms with van der Waals surface area (Å²) in [6.07, 6.45) is 0. The van der Waals surface area contributed by atoms with Crippen molar-refractivity contribution in [2.24, 2.45) is 7.05 Å². The molecule has 6 nitrogen and oxygen atoms in total. The van der Waals surface area contributed by atoms with Crippen molar-refractivity contribution in [1.29, 1.82) is 5.41 Å². The number of imidazole rings is 1. The third-order valence-corrected chi connectivity index (χ3v) is 5.76. The summed E-state index contributed by atoms with van der Waals surface area (Å²) in [4.78, 5) is 6.48. The molecule has 1 aliphatic heterocycles. The molecular formula is C26H24N4O2. The first-order valence-electron chi connectivity index (χ1n) is 10.5. The zero-order valence-corrected chi connectivity index (χ0v) is 18.0. The number of anilines is 1. The van der Waals surface area contributed by atoms with E-state index in [1.807, 2.05) is 91.3 Å². The molecule has 3 aromatic carbocycles. The van der Waals surface area contributed by atoms with Crippen LogP contribution in [0.4, 0.5) is 5.69 Å². The molecule has 0 spiro atoms. The molecule has 0 radical (unpaired) electrons. The number of fused-ring (bicyclic) bond motifs is 1. The standard InChI is InChI=1S/C26H24N4O2/c1-17-8-13-22-21(14-17)28-26(29(22)2)24-23(31)15-30(25(24)27)19-9-11-20(12-10-19)32-16-18-6-4-3-5-7-18/h3-14,27,31H,15-16H2,1-2H3. The summed E-state index contributed by atoms with van der Waals surface area (Å²) in [5.74, 6) is 1.73. The van der Waals surface area contributed by atoms with Crippen molar-refractivity contribution in [2.45, 2.75) is 13.5 Å². The molecule has 1 aliphatic rings. The quantitative estimate of drug-likeness (QED) is 0.460. The molecule has 0 aliphatic carbocycles. The largest absolute Gasteiger partial charge is 0.509 e. The zero-order chi connectivity index (χ0) is 22.2. The highest BCUT2D eigenvalue weighted by atomic mass is 16.5. The van der Waals surface area contributed by atoms with Gasteiger partial charge in [-0.05, 0) is 54.4 Å². The summed E-state index contributed by atoms with van der Waals surface area (Å²) in [6, 6.07) is 23.7. The molecule has 4 aromatic rings. The molecule has 5 rings (SSSR count). The molecule has 0 unspecified atom stereocenters. The van der Waals surface area contributed by atoms with Crippen LogP contribution in [0.3, 0.4) is 0 Å². The van der Waals surface area contributed by atoms with E-state index in [0.29, 0.717) is 18.0 Å². The van der Waals surface area contributed by atoms with Crippen molar-refractivity contribution in [2.75, 3.05) is 11.4 Å². The van der Waals surface area contributed by atoms with E-state index >= 15 is 0 Å². The second kappa shape index (κ2) is 7.89. The Labute approximate surface area is 186 Å². The highest BCUT2D eigenvalue weighted by molar-refractivity contribution is 6.30. The summed E-state index contributed by atoms with van der Waals surface area (Å²) < 4.78 is 7.79. The Morgan fingerprint density at radius 2 is 1.78 bits per heavy atom. The van der Waals surface area contributed by atoms with E-state index in [4.69, 9.17) is 15.1 Å². The molecule has 2 heterocycles. The van der Waals surface area contributed by atoms with Gasteiger partial charge in [0, 0.05) is 12.7 Å². The molecule has 2 N–H and O–H groups in total. The second-order valence-corrected chi connectivity index (χ2v) is 8.01. The summed E-state index contributed by atoms with van der Waals surface area (Å²) in [6.45, 7) is 2.76. The maximum Gasteiger partial charge on any atom is 0.148 e. The Bertz CT molecular complexity index is 1340. The van der Waals surface area contributed by atoms with Crippen LogP contribution in [0, 0.1) is 12.3 Å². The number of aromatic nitrogens is 2. The highest BCUT2D eigenvalue weighted by Crippen LogP contribution is 2.33. The van der Waals surface area contributed by atoms with E-state index in [0.717, 1.165) is 33.6 Å². The number of hydrogen-bond donors (Lipinski definition) is 2. The van der Waals surface area contributed by atoms with E-state index in [1.54, 1.807) is 4.90 Å². The molecule has 160 valence electrons. The van der Waals surface area contributed by atoms with Crippen LogP contribution in [-0.4, -0.2) is 27.0 Å². The molecule has 0 saturated carbocycles. The van der Waals surface area contributed by atoms with E-state index in [-0.39, 0.29) is 18.1 Å². The van der Waals surface area contributed by atoms with Crippen LogP contribution in [0.5, 0.6) is 5.75 Å². The smallest absolute Gasteiger partial charge is 0.148 e. The Balaban J connectivity index is 1.36. The zero-order valence-electron chi connectivity index (χ0n) is 18.0. The fourth-order valence-electron chi connectivity index (χ4n) is 4.03. The molecule has 0 fully saturated rings. The topological polar surface area (TPSA) is 74.4 Å². The highest BCUT2D eigenvalue weighted by Gasteiger charge is 2.32. The summed E-state index contributed by atoms with van der Waals surface area (Å²) >= 11 is 0. The van der Waals surface area contributed by atoms with Gasteiger partial charge in [-0.3, -0.25) is 5.41 Å². The van der Waals surface area contributed by atoms with Crippen LogP contribution in [0.15, 0.2) is 78.6 Å². The van der Waals surface area contributed by atoms with Crippen LogP contribution in [-0.2, 0) is 13.7 Å². The minimum absolute atomic E-state index is 0.148. The van der Waals surface area contributed by atoms with Gasteiger partial charge in [0.25, 0.3) is 0 Å². The summed E-state index contributed by atoms with van der Waals surface area (Å²) in [5, 5.41) is 19.5. The van der Waals surface area contributed by atoms with Gasteiger partial charge in [0.15, 0.2) is 0 Å². The molecule has 0 bridgehead atoms. The number of nitrogens with zero attached hydrogens (tertiary/aromatic N) is 3. The molecular weight excluding hydrogens is 400 g/mol. The number of hydrogen-bond acceptors (Lipinski definition) is 4. The number of rotatable bonds is 5. The molecule has 6 heteroatoms. The van der Waals surface area contributed by atoms with Crippen molar-refractivity contribution < 1.29 is 9.84 Å². The predicted molar refractivity (Wildman–Crippen MR) is 127 cm³/mol. The second-order valence-electron chi connectivity index (χ2n) is 8.01. The number of aliphatic hydroxyl groups excluding tert-OH is 1. The summed E-state index contributed by atoms with van der Waals surface area (Å²) in [5.41, 5.74) is 5.34. The number of aliphatic hydroxyl groups is 1. The molecule has 0 amide bonds. The third kappa shape index (κ3) is 3.50. The van der Waals surface area contributed by atoms with E-state index < -0.39 is 0 Å². The first kappa shape index (κ1) is 19.9. The average Bonchev–Trinajstić information content (AvgIpc) is 3.28. The SMILES string of the molecule is Cc1ccc2c(c1)nc(C1=C(O)CN(c3ccc(OCc4ccccc4)cc3)C1=N)n2C. The van der Waals surface area contributed by atoms with Gasteiger partial charge in [-0.2, -0.15) is 0 Å². The van der Waals surface area contributed by atoms with Gasteiger partial charge in [0.1, 0.15) is 29.8 Å². The molecule has 32 heavy (non-hydrogen) atoms. The first-order chi connectivity index (χ1) is 15.5. The van der Waals surface area contributed by atoms with Gasteiger partial charge < -0.3 is 19.3 Å². The lowest BCUT2D eigenvalue weighted by atomic mass is 10.2. The van der Waals surface area contributed by atoms with Crippen molar-refractivity contribution >= 4 is 28.1 Å². The molecule has 0 saturated heterocycles. The van der Waals surface area contributed by atoms with E-state index in [2.05, 4.69) is 0 Å². The number of nitrogens with one attached hydrogen (secondary N) is 1. The normalized spacial score (nSPS) is 13.9. The van der Waals surface area contributed by atoms with Crippen LogP contribution < -0.4 is 9.64 Å². The minimum atomic E-state index is 0.148. The fourth-order valence-corrected chi connectivity index (χ4v) is 4.03. The van der Waals surface area contributed by atoms with Gasteiger partial charge in [-0.1, -0.05) is 36.4 Å². The predicted octanol–water partition coefficient (Wildman–Crippen LogP) is 5.23. The van der Waals surface area contributed by atoms with Crippen LogP contribution in [0.1, 0.15) is 17.0 Å². The van der Waals surface area contributed by atoms with Gasteiger partial charge in [0.05, 0.1) is 23.2 Å². The van der Waals surface area contributed by atoms with Crippen molar-refractivity contribution in [3.05, 3.63) is 95.5 Å². The number of ether oxygens (including phenoxy) is 1. The Morgan fingerprint density at radius 3 is 2.53 bits per heavy atom. The van der Waals surface area contributed by atoms with E-state index in [1.165, 1.54) is 0 Å².